The zero-order chi connectivity index (χ0) is 11.0. The first kappa shape index (κ1) is 10.5. The van der Waals surface area contributed by atoms with Crippen LogP contribution in [0, 0.1) is 11.8 Å². The number of hydrogen-bond acceptors (Lipinski definition) is 4. The average Bonchev–Trinajstić information content (AvgIpc) is 2.65. The molecule has 4 atom stereocenters. The van der Waals surface area contributed by atoms with Crippen LogP contribution in [-0.2, 0) is 19.1 Å². The third kappa shape index (κ3) is 1.62. The van der Waals surface area contributed by atoms with E-state index in [1.165, 1.54) is 0 Å². The molecule has 15 heavy (non-hydrogen) atoms. The van der Waals surface area contributed by atoms with Gasteiger partial charge < -0.3 is 9.47 Å². The Labute approximate surface area is 88.9 Å². The molecule has 2 saturated heterocycles. The molecule has 4 nitrogen and oxygen atoms in total. The molecule has 2 aliphatic rings. The second kappa shape index (κ2) is 3.83. The Balaban J connectivity index is 2.07. The topological polar surface area (TPSA) is 52.6 Å². The summed E-state index contributed by atoms with van der Waals surface area (Å²) in [6.45, 7) is 3.81. The first-order valence-corrected chi connectivity index (χ1v) is 5.56. The summed E-state index contributed by atoms with van der Waals surface area (Å²) in [7, 11) is 0. The van der Waals surface area contributed by atoms with Crippen LogP contribution in [0.5, 0.6) is 0 Å². The van der Waals surface area contributed by atoms with E-state index >= 15 is 0 Å². The van der Waals surface area contributed by atoms with E-state index in [1.807, 2.05) is 0 Å². The molecule has 2 heterocycles. The number of cyclic esters (lactones) is 1. The lowest BCUT2D eigenvalue weighted by Gasteiger charge is -2.14. The molecule has 0 aromatic heterocycles. The first-order valence-electron chi connectivity index (χ1n) is 5.56. The molecule has 0 saturated carbocycles. The molecule has 0 aromatic rings. The molecule has 2 fully saturated rings. The van der Waals surface area contributed by atoms with Crippen molar-refractivity contribution >= 4 is 11.9 Å². The fourth-order valence-electron chi connectivity index (χ4n) is 2.31. The Morgan fingerprint density at radius 3 is 2.60 bits per heavy atom. The molecule has 0 amide bonds. The highest BCUT2D eigenvalue weighted by Crippen LogP contribution is 2.38. The minimum Gasteiger partial charge on any atom is -0.458 e. The molecule has 84 valence electrons. The maximum absolute atomic E-state index is 11.5. The van der Waals surface area contributed by atoms with Crippen LogP contribution in [-0.4, -0.2) is 24.1 Å². The van der Waals surface area contributed by atoms with Crippen molar-refractivity contribution in [3.63, 3.8) is 0 Å². The summed E-state index contributed by atoms with van der Waals surface area (Å²) in [6, 6.07) is 0. The summed E-state index contributed by atoms with van der Waals surface area (Å²) in [5.41, 5.74) is 0. The van der Waals surface area contributed by atoms with Gasteiger partial charge >= 0.3 is 11.9 Å². The summed E-state index contributed by atoms with van der Waals surface area (Å²) in [6.07, 6.45) is 2.30. The maximum Gasteiger partial charge on any atom is 0.314 e. The van der Waals surface area contributed by atoms with Crippen molar-refractivity contribution in [2.45, 2.75) is 45.3 Å². The van der Waals surface area contributed by atoms with Gasteiger partial charge in [0.1, 0.15) is 12.0 Å². The zero-order valence-corrected chi connectivity index (χ0v) is 9.06. The van der Waals surface area contributed by atoms with Gasteiger partial charge in [-0.25, -0.2) is 0 Å². The van der Waals surface area contributed by atoms with E-state index in [0.717, 1.165) is 19.3 Å². The van der Waals surface area contributed by atoms with Crippen molar-refractivity contribution in [1.82, 2.24) is 0 Å². The van der Waals surface area contributed by atoms with E-state index in [4.69, 9.17) is 9.47 Å². The van der Waals surface area contributed by atoms with Crippen LogP contribution in [0.15, 0.2) is 0 Å². The Bertz CT molecular complexity index is 286. The van der Waals surface area contributed by atoms with Gasteiger partial charge in [0.25, 0.3) is 0 Å². The van der Waals surface area contributed by atoms with Gasteiger partial charge in [-0.3, -0.25) is 9.59 Å². The Morgan fingerprint density at radius 1 is 1.20 bits per heavy atom. The van der Waals surface area contributed by atoms with Crippen molar-refractivity contribution in [2.75, 3.05) is 0 Å². The fourth-order valence-corrected chi connectivity index (χ4v) is 2.31. The number of ether oxygens (including phenoxy) is 2. The third-order valence-corrected chi connectivity index (χ3v) is 3.26. The molecule has 0 aliphatic carbocycles. The number of carbonyl (C=O) groups is 2. The van der Waals surface area contributed by atoms with Gasteiger partial charge in [-0.2, -0.15) is 0 Å². The van der Waals surface area contributed by atoms with Crippen LogP contribution in [0.1, 0.15) is 33.1 Å². The van der Waals surface area contributed by atoms with E-state index in [0.29, 0.717) is 0 Å². The van der Waals surface area contributed by atoms with Gasteiger partial charge in [-0.15, -0.1) is 0 Å². The molecular weight excluding hydrogens is 196 g/mol. The van der Waals surface area contributed by atoms with E-state index in [2.05, 4.69) is 6.92 Å². The Kier molecular flexibility index (Phi) is 2.67. The highest BCUT2D eigenvalue weighted by molar-refractivity contribution is 5.87. The van der Waals surface area contributed by atoms with Crippen LogP contribution >= 0.6 is 0 Å². The molecule has 0 N–H and O–H groups in total. The average molecular weight is 212 g/mol. The molecule has 0 spiro atoms. The summed E-state index contributed by atoms with van der Waals surface area (Å²) >= 11 is 0. The Hall–Kier alpha value is -1.06. The molecule has 0 unspecified atom stereocenters. The normalized spacial score (nSPS) is 38.8. The summed E-state index contributed by atoms with van der Waals surface area (Å²) < 4.78 is 10.4. The number of fused-ring (bicyclic) bond motifs is 1. The van der Waals surface area contributed by atoms with Crippen LogP contribution in [0.25, 0.3) is 0 Å². The monoisotopic (exact) mass is 212 g/mol. The van der Waals surface area contributed by atoms with Gasteiger partial charge in [0.05, 0.1) is 5.92 Å². The Morgan fingerprint density at radius 2 is 1.93 bits per heavy atom. The van der Waals surface area contributed by atoms with Crippen molar-refractivity contribution in [3.8, 4) is 0 Å². The molecule has 0 bridgehead atoms. The minimum atomic E-state index is -0.362. The summed E-state index contributed by atoms with van der Waals surface area (Å²) in [4.78, 5) is 22.9. The molecule has 0 radical (unpaired) electrons. The van der Waals surface area contributed by atoms with E-state index in [9.17, 15) is 9.59 Å². The zero-order valence-electron chi connectivity index (χ0n) is 9.06. The number of unbranched alkanes of at least 4 members (excludes halogenated alkanes) is 1. The van der Waals surface area contributed by atoms with Gasteiger partial charge in [-0.1, -0.05) is 20.3 Å². The standard InChI is InChI=1S/C11H16O4/c1-3-4-5-7-9-8(11(13)14-7)6(2)10(12)15-9/h6-9H,3-5H2,1-2H3/t6-,7-,8+,9+/m1/s1. The van der Waals surface area contributed by atoms with E-state index in [-0.39, 0.29) is 36.0 Å². The van der Waals surface area contributed by atoms with E-state index < -0.39 is 0 Å². The van der Waals surface area contributed by atoms with Crippen molar-refractivity contribution < 1.29 is 19.1 Å². The number of esters is 2. The predicted octanol–water partition coefficient (Wildman–Crippen LogP) is 1.28. The van der Waals surface area contributed by atoms with E-state index in [1.54, 1.807) is 6.92 Å². The summed E-state index contributed by atoms with van der Waals surface area (Å²) in [5.74, 6) is -1.23. The van der Waals surface area contributed by atoms with Gasteiger partial charge in [0, 0.05) is 0 Å². The molecule has 2 aliphatic heterocycles. The second-order valence-electron chi connectivity index (χ2n) is 4.33. The lowest BCUT2D eigenvalue weighted by molar-refractivity contribution is -0.155. The lowest BCUT2D eigenvalue weighted by Crippen LogP contribution is -2.25. The lowest BCUT2D eigenvalue weighted by atomic mass is 9.91. The third-order valence-electron chi connectivity index (χ3n) is 3.26. The second-order valence-corrected chi connectivity index (χ2v) is 4.33. The van der Waals surface area contributed by atoms with Gasteiger partial charge in [-0.05, 0) is 12.8 Å². The van der Waals surface area contributed by atoms with Crippen LogP contribution in [0.4, 0.5) is 0 Å². The number of carbonyl (C=O) groups excluding carboxylic acids is 2. The quantitative estimate of drug-likeness (QED) is 0.661. The highest BCUT2D eigenvalue weighted by Gasteiger charge is 2.56. The van der Waals surface area contributed by atoms with Gasteiger partial charge in [0.2, 0.25) is 0 Å². The van der Waals surface area contributed by atoms with Crippen molar-refractivity contribution in [1.29, 1.82) is 0 Å². The van der Waals surface area contributed by atoms with Gasteiger partial charge in [0.15, 0.2) is 6.10 Å². The fraction of sp³-hybridized carbons (Fsp3) is 0.818. The highest BCUT2D eigenvalue weighted by atomic mass is 16.6. The maximum atomic E-state index is 11.5. The van der Waals surface area contributed by atoms with Crippen molar-refractivity contribution in [3.05, 3.63) is 0 Å². The van der Waals surface area contributed by atoms with Crippen LogP contribution < -0.4 is 0 Å². The number of rotatable bonds is 3. The van der Waals surface area contributed by atoms with Crippen LogP contribution in [0.3, 0.4) is 0 Å². The molecule has 4 heteroatoms. The smallest absolute Gasteiger partial charge is 0.314 e. The molecular formula is C11H16O4. The SMILES string of the molecule is CCCC[C@H]1OC(=O)[C@@H]2[C@H]1OC(=O)[C@@H]2C. The largest absolute Gasteiger partial charge is 0.458 e. The molecule has 2 rings (SSSR count). The van der Waals surface area contributed by atoms with Crippen LogP contribution in [0.2, 0.25) is 0 Å². The van der Waals surface area contributed by atoms with Crippen molar-refractivity contribution in [2.24, 2.45) is 11.8 Å². The first-order chi connectivity index (χ1) is 7.15. The predicted molar refractivity (Wildman–Crippen MR) is 51.9 cm³/mol. The number of hydrogen-bond donors (Lipinski definition) is 0. The molecule has 0 aromatic carbocycles. The summed E-state index contributed by atoms with van der Waals surface area (Å²) in [5, 5.41) is 0. The minimum absolute atomic E-state index is 0.212.